The van der Waals surface area contributed by atoms with Gasteiger partial charge in [-0.05, 0) is 43.1 Å². The summed E-state index contributed by atoms with van der Waals surface area (Å²) in [6.45, 7) is 7.79. The molecular formula is C17H29NS. The van der Waals surface area contributed by atoms with Crippen LogP contribution in [-0.2, 0) is 0 Å². The zero-order chi connectivity index (χ0) is 14.3. The summed E-state index contributed by atoms with van der Waals surface area (Å²) in [5.74, 6) is 0.977. The molecule has 0 N–H and O–H groups in total. The number of aryl methyl sites for hydroxylation is 1. The van der Waals surface area contributed by atoms with Gasteiger partial charge in [-0.3, -0.25) is 0 Å². The van der Waals surface area contributed by atoms with E-state index in [-0.39, 0.29) is 0 Å². The fourth-order valence-electron chi connectivity index (χ4n) is 2.95. The van der Waals surface area contributed by atoms with Crippen LogP contribution in [0, 0.1) is 12.3 Å². The van der Waals surface area contributed by atoms with E-state index in [2.05, 4.69) is 69.6 Å². The topological polar surface area (TPSA) is 3.24 Å². The van der Waals surface area contributed by atoms with Gasteiger partial charge in [0.15, 0.2) is 0 Å². The Bertz CT molecular complexity index is 352. The van der Waals surface area contributed by atoms with E-state index < -0.39 is 0 Å². The maximum atomic E-state index is 4.65. The van der Waals surface area contributed by atoms with Crippen molar-refractivity contribution in [2.45, 2.75) is 46.5 Å². The number of rotatable bonds is 8. The first-order valence-electron chi connectivity index (χ1n) is 7.45. The Morgan fingerprint density at radius 1 is 1.05 bits per heavy atom. The first-order chi connectivity index (χ1) is 9.06. The number of thiol groups is 1. The van der Waals surface area contributed by atoms with E-state index in [9.17, 15) is 0 Å². The third-order valence-electron chi connectivity index (χ3n) is 3.94. The summed E-state index contributed by atoms with van der Waals surface area (Å²) >= 11 is 4.65. The van der Waals surface area contributed by atoms with Crippen LogP contribution < -0.4 is 4.90 Å². The van der Waals surface area contributed by atoms with E-state index in [1.54, 1.807) is 0 Å². The molecule has 0 saturated carbocycles. The van der Waals surface area contributed by atoms with Crippen LogP contribution in [0.15, 0.2) is 24.3 Å². The Morgan fingerprint density at radius 2 is 1.58 bits per heavy atom. The number of hydrogen-bond acceptors (Lipinski definition) is 2. The van der Waals surface area contributed by atoms with Crippen LogP contribution >= 0.6 is 12.6 Å². The zero-order valence-corrected chi connectivity index (χ0v) is 13.8. The lowest BCUT2D eigenvalue weighted by atomic mass is 9.80. The molecule has 19 heavy (non-hydrogen) atoms. The highest BCUT2D eigenvalue weighted by molar-refractivity contribution is 7.80. The molecule has 0 aliphatic carbocycles. The number of hydrogen-bond donors (Lipinski definition) is 1. The second-order valence-electron chi connectivity index (χ2n) is 5.85. The van der Waals surface area contributed by atoms with Gasteiger partial charge in [-0.15, -0.1) is 0 Å². The normalized spacial score (nSPS) is 11.6. The molecule has 1 aromatic rings. The van der Waals surface area contributed by atoms with Crippen molar-refractivity contribution in [1.82, 2.24) is 0 Å². The predicted molar refractivity (Wildman–Crippen MR) is 90.6 cm³/mol. The molecular weight excluding hydrogens is 250 g/mol. The van der Waals surface area contributed by atoms with Crippen molar-refractivity contribution >= 4 is 18.3 Å². The molecule has 0 fully saturated rings. The average Bonchev–Trinajstić information content (AvgIpc) is 2.40. The largest absolute Gasteiger partial charge is 0.374 e. The Labute approximate surface area is 124 Å². The molecule has 0 atom stereocenters. The summed E-state index contributed by atoms with van der Waals surface area (Å²) < 4.78 is 0. The lowest BCUT2D eigenvalue weighted by Gasteiger charge is -2.37. The lowest BCUT2D eigenvalue weighted by molar-refractivity contribution is 0.282. The van der Waals surface area contributed by atoms with Gasteiger partial charge in [0.1, 0.15) is 0 Å². The van der Waals surface area contributed by atoms with Crippen molar-refractivity contribution in [2.24, 2.45) is 5.41 Å². The van der Waals surface area contributed by atoms with E-state index in [0.29, 0.717) is 5.41 Å². The Morgan fingerprint density at radius 3 is 2.00 bits per heavy atom. The van der Waals surface area contributed by atoms with Gasteiger partial charge in [0.25, 0.3) is 0 Å². The lowest BCUT2D eigenvalue weighted by Crippen LogP contribution is -2.37. The van der Waals surface area contributed by atoms with Gasteiger partial charge in [0.05, 0.1) is 0 Å². The van der Waals surface area contributed by atoms with Gasteiger partial charge in [-0.1, -0.05) is 44.4 Å². The van der Waals surface area contributed by atoms with Gasteiger partial charge >= 0.3 is 0 Å². The number of nitrogens with zero attached hydrogens (tertiary/aromatic N) is 1. The third-order valence-corrected chi connectivity index (χ3v) is 4.61. The fourth-order valence-corrected chi connectivity index (χ4v) is 3.36. The monoisotopic (exact) mass is 279 g/mol. The smallest absolute Gasteiger partial charge is 0.0363 e. The van der Waals surface area contributed by atoms with E-state index in [1.165, 1.54) is 36.9 Å². The van der Waals surface area contributed by atoms with Crippen molar-refractivity contribution < 1.29 is 0 Å². The third kappa shape index (κ3) is 4.76. The Balaban J connectivity index is 2.79. The fraction of sp³-hybridized carbons (Fsp3) is 0.647. The summed E-state index contributed by atoms with van der Waals surface area (Å²) in [4.78, 5) is 2.39. The molecule has 0 spiro atoms. The number of benzene rings is 1. The molecule has 0 heterocycles. The molecule has 0 radical (unpaired) electrons. The van der Waals surface area contributed by atoms with Crippen LogP contribution in [0.2, 0.25) is 0 Å². The minimum Gasteiger partial charge on any atom is -0.374 e. The average molecular weight is 279 g/mol. The molecule has 1 rings (SSSR count). The molecule has 0 saturated heterocycles. The van der Waals surface area contributed by atoms with Crippen LogP contribution in [0.3, 0.4) is 0 Å². The standard InChI is InChI=1S/C17H29NS/c1-5-11-17(14-19,12-6-2)13-18(4)16-9-7-15(3)8-10-16/h7-10,19H,5-6,11-14H2,1-4H3. The summed E-state index contributed by atoms with van der Waals surface area (Å²) in [7, 11) is 2.20. The molecule has 0 amide bonds. The maximum absolute atomic E-state index is 4.65. The molecule has 0 unspecified atom stereocenters. The SMILES string of the molecule is CCCC(CS)(CCC)CN(C)c1ccc(C)cc1. The quantitative estimate of drug-likeness (QED) is 0.659. The molecule has 0 aliphatic heterocycles. The van der Waals surface area contributed by atoms with Gasteiger partial charge in [0.2, 0.25) is 0 Å². The van der Waals surface area contributed by atoms with Crippen LogP contribution in [0.1, 0.15) is 45.1 Å². The second kappa shape index (κ2) is 7.84. The highest BCUT2D eigenvalue weighted by Crippen LogP contribution is 2.33. The minimum absolute atomic E-state index is 0.353. The molecule has 0 bridgehead atoms. The second-order valence-corrected chi connectivity index (χ2v) is 6.17. The van der Waals surface area contributed by atoms with Crippen molar-refractivity contribution in [1.29, 1.82) is 0 Å². The van der Waals surface area contributed by atoms with Crippen molar-refractivity contribution in [3.05, 3.63) is 29.8 Å². The van der Waals surface area contributed by atoms with Crippen LogP contribution in [0.25, 0.3) is 0 Å². The highest BCUT2D eigenvalue weighted by Gasteiger charge is 2.28. The van der Waals surface area contributed by atoms with Crippen molar-refractivity contribution in [2.75, 3.05) is 24.2 Å². The van der Waals surface area contributed by atoms with Gasteiger partial charge < -0.3 is 4.90 Å². The van der Waals surface area contributed by atoms with E-state index in [1.807, 2.05) is 0 Å². The first kappa shape index (κ1) is 16.4. The van der Waals surface area contributed by atoms with Crippen LogP contribution in [0.4, 0.5) is 5.69 Å². The molecule has 0 aliphatic rings. The van der Waals surface area contributed by atoms with Gasteiger partial charge in [-0.2, -0.15) is 12.6 Å². The zero-order valence-electron chi connectivity index (χ0n) is 12.9. The highest BCUT2D eigenvalue weighted by atomic mass is 32.1. The Hall–Kier alpha value is -0.630. The predicted octanol–water partition coefficient (Wildman–Crippen LogP) is 4.95. The van der Waals surface area contributed by atoms with E-state index >= 15 is 0 Å². The van der Waals surface area contributed by atoms with Gasteiger partial charge in [-0.25, -0.2) is 0 Å². The minimum atomic E-state index is 0.353. The van der Waals surface area contributed by atoms with Crippen molar-refractivity contribution in [3.8, 4) is 0 Å². The first-order valence-corrected chi connectivity index (χ1v) is 8.09. The summed E-state index contributed by atoms with van der Waals surface area (Å²) in [5.41, 5.74) is 2.98. The summed E-state index contributed by atoms with van der Waals surface area (Å²) in [5, 5.41) is 0. The summed E-state index contributed by atoms with van der Waals surface area (Å²) in [6, 6.07) is 8.81. The molecule has 2 heteroatoms. The number of anilines is 1. The molecule has 108 valence electrons. The van der Waals surface area contributed by atoms with E-state index in [4.69, 9.17) is 0 Å². The Kier molecular flexibility index (Phi) is 6.78. The van der Waals surface area contributed by atoms with Gasteiger partial charge in [0, 0.05) is 19.3 Å². The van der Waals surface area contributed by atoms with Crippen LogP contribution in [0.5, 0.6) is 0 Å². The van der Waals surface area contributed by atoms with E-state index in [0.717, 1.165) is 12.3 Å². The maximum Gasteiger partial charge on any atom is 0.0363 e. The molecule has 1 nitrogen and oxygen atoms in total. The van der Waals surface area contributed by atoms with Crippen molar-refractivity contribution in [3.63, 3.8) is 0 Å². The summed E-state index contributed by atoms with van der Waals surface area (Å²) in [6.07, 6.45) is 5.01. The van der Waals surface area contributed by atoms with Crippen LogP contribution in [-0.4, -0.2) is 19.3 Å². The molecule has 0 aromatic heterocycles. The molecule has 1 aromatic carbocycles.